The Hall–Kier alpha value is -1.63. The predicted molar refractivity (Wildman–Crippen MR) is 130 cm³/mol. The number of ether oxygens (including phenoxy) is 3. The second kappa shape index (κ2) is 11.0. The fourth-order valence-corrected chi connectivity index (χ4v) is 5.70. The van der Waals surface area contributed by atoms with Crippen LogP contribution in [-0.2, 0) is 4.74 Å². The molecule has 13 heteroatoms. The van der Waals surface area contributed by atoms with Gasteiger partial charge in [-0.25, -0.2) is 17.6 Å². The van der Waals surface area contributed by atoms with Crippen LogP contribution in [0.15, 0.2) is 4.47 Å². The quantitative estimate of drug-likeness (QED) is 0.394. The lowest BCUT2D eigenvalue weighted by atomic mass is 9.96. The van der Waals surface area contributed by atoms with Crippen LogP contribution in [0.2, 0.25) is 5.02 Å². The van der Waals surface area contributed by atoms with Gasteiger partial charge in [0.1, 0.15) is 22.5 Å². The zero-order valence-corrected chi connectivity index (χ0v) is 21.6. The molecule has 2 aromatic rings. The third kappa shape index (κ3) is 5.19. The van der Waals surface area contributed by atoms with Crippen LogP contribution in [0.1, 0.15) is 19.3 Å². The first-order valence-corrected chi connectivity index (χ1v) is 13.1. The molecule has 0 bridgehead atoms. The molecule has 5 rings (SSSR count). The second-order valence-electron chi connectivity index (χ2n) is 9.40. The topological polar surface area (TPSA) is 68.7 Å². The molecule has 0 aliphatic carbocycles. The van der Waals surface area contributed by atoms with Crippen molar-refractivity contribution in [3.63, 3.8) is 0 Å². The summed E-state index contributed by atoms with van der Waals surface area (Å²) in [6.07, 6.45) is -1.80. The lowest BCUT2D eigenvalue weighted by Crippen LogP contribution is -2.46. The van der Waals surface area contributed by atoms with Crippen molar-refractivity contribution in [2.45, 2.75) is 37.9 Å². The molecule has 0 saturated carbocycles. The molecule has 1 aromatic carbocycles. The summed E-state index contributed by atoms with van der Waals surface area (Å²) in [6, 6.07) is -0.642. The van der Waals surface area contributed by atoms with Crippen LogP contribution in [0.25, 0.3) is 10.9 Å². The summed E-state index contributed by atoms with van der Waals surface area (Å²) in [5.74, 6) is -0.943. The van der Waals surface area contributed by atoms with E-state index >= 15 is 4.39 Å². The maximum absolute atomic E-state index is 15.4. The Bertz CT molecular complexity index is 1120. The van der Waals surface area contributed by atoms with Crippen molar-refractivity contribution in [2.24, 2.45) is 11.8 Å². The van der Waals surface area contributed by atoms with Crippen LogP contribution in [-0.4, -0.2) is 74.7 Å². The standard InChI is InChI=1S/C23H26BrClF4N4O3/c24-17-18(25)21-16-20(19(17)29)31-23(36-7-11-2-1-3-30-5-13(26)4-11)32-22(16)33(6-15(27)28)14-10-34-8-12(14)9-35-21/h11-15,30H,1-10H2/t11-,12?,13-,14?/m1/s1. The maximum atomic E-state index is 15.4. The third-order valence-electron chi connectivity index (χ3n) is 6.87. The fraction of sp³-hybridized carbons (Fsp3) is 0.652. The maximum Gasteiger partial charge on any atom is 0.319 e. The van der Waals surface area contributed by atoms with Gasteiger partial charge in [-0.1, -0.05) is 11.6 Å². The largest absolute Gasteiger partial charge is 0.491 e. The van der Waals surface area contributed by atoms with Crippen molar-refractivity contribution >= 4 is 44.3 Å². The van der Waals surface area contributed by atoms with Gasteiger partial charge in [-0.15, -0.1) is 0 Å². The van der Waals surface area contributed by atoms with Gasteiger partial charge in [-0.05, 0) is 47.7 Å². The first kappa shape index (κ1) is 26.0. The normalized spacial score (nSPS) is 26.7. The minimum absolute atomic E-state index is 0.0370. The lowest BCUT2D eigenvalue weighted by molar-refractivity contribution is 0.146. The molecule has 0 radical (unpaired) electrons. The highest BCUT2D eigenvalue weighted by molar-refractivity contribution is 9.10. The van der Waals surface area contributed by atoms with Crippen molar-refractivity contribution in [1.82, 2.24) is 15.3 Å². The average molecular weight is 598 g/mol. The van der Waals surface area contributed by atoms with Gasteiger partial charge in [0.25, 0.3) is 6.43 Å². The molecule has 4 atom stereocenters. The monoisotopic (exact) mass is 596 g/mol. The molecule has 1 N–H and O–H groups in total. The number of fused-ring (bicyclic) bond motifs is 1. The van der Waals surface area contributed by atoms with Gasteiger partial charge in [-0.2, -0.15) is 9.97 Å². The molecule has 4 heterocycles. The molecule has 3 aliphatic heterocycles. The van der Waals surface area contributed by atoms with E-state index < -0.39 is 31.0 Å². The van der Waals surface area contributed by atoms with E-state index in [0.717, 1.165) is 12.8 Å². The summed E-state index contributed by atoms with van der Waals surface area (Å²) in [4.78, 5) is 10.2. The summed E-state index contributed by atoms with van der Waals surface area (Å²) in [6.45, 7) is 1.12. The summed E-state index contributed by atoms with van der Waals surface area (Å²) in [5.41, 5.74) is -0.164. The van der Waals surface area contributed by atoms with E-state index in [2.05, 4.69) is 31.2 Å². The zero-order valence-electron chi connectivity index (χ0n) is 19.3. The average Bonchev–Trinajstić information content (AvgIpc) is 3.29. The zero-order chi connectivity index (χ0) is 25.4. The van der Waals surface area contributed by atoms with Crippen LogP contribution in [0.5, 0.6) is 11.8 Å². The number of rotatable bonds is 5. The third-order valence-corrected chi connectivity index (χ3v) is 8.21. The molecule has 2 unspecified atom stereocenters. The number of hydrogen-bond acceptors (Lipinski definition) is 7. The summed E-state index contributed by atoms with van der Waals surface area (Å²) < 4.78 is 74.5. The molecule has 36 heavy (non-hydrogen) atoms. The first-order valence-electron chi connectivity index (χ1n) is 11.9. The van der Waals surface area contributed by atoms with E-state index in [4.69, 9.17) is 25.8 Å². The van der Waals surface area contributed by atoms with Gasteiger partial charge in [0.2, 0.25) is 0 Å². The Morgan fingerprint density at radius 1 is 1.25 bits per heavy atom. The highest BCUT2D eigenvalue weighted by atomic mass is 79.9. The van der Waals surface area contributed by atoms with Crippen molar-refractivity contribution in [3.8, 4) is 11.8 Å². The number of hydrogen-bond donors (Lipinski definition) is 1. The Kier molecular flexibility index (Phi) is 7.95. The number of nitrogens with one attached hydrogen (secondary N) is 1. The highest BCUT2D eigenvalue weighted by Gasteiger charge is 2.40. The Labute approximate surface area is 218 Å². The Morgan fingerprint density at radius 2 is 2.08 bits per heavy atom. The summed E-state index contributed by atoms with van der Waals surface area (Å²) >= 11 is 9.57. The van der Waals surface area contributed by atoms with E-state index in [1.165, 1.54) is 4.90 Å². The number of benzene rings is 1. The first-order chi connectivity index (χ1) is 17.3. The van der Waals surface area contributed by atoms with Gasteiger partial charge >= 0.3 is 6.01 Å². The molecule has 3 aliphatic rings. The number of halogens is 6. The number of alkyl halides is 3. The molecule has 1 aromatic heterocycles. The summed E-state index contributed by atoms with van der Waals surface area (Å²) in [5, 5.41) is 3.12. The van der Waals surface area contributed by atoms with Crippen molar-refractivity contribution in [2.75, 3.05) is 51.0 Å². The number of aromatic nitrogens is 2. The number of nitrogens with zero attached hydrogens (tertiary/aromatic N) is 3. The molecular weight excluding hydrogens is 572 g/mol. The van der Waals surface area contributed by atoms with Gasteiger partial charge < -0.3 is 24.4 Å². The van der Waals surface area contributed by atoms with E-state index in [1.54, 1.807) is 0 Å². The van der Waals surface area contributed by atoms with Crippen LogP contribution < -0.4 is 19.7 Å². The molecule has 0 spiro atoms. The minimum atomic E-state index is -2.69. The van der Waals surface area contributed by atoms with Crippen LogP contribution in [0.3, 0.4) is 0 Å². The Balaban J connectivity index is 1.58. The van der Waals surface area contributed by atoms with Crippen molar-refractivity contribution < 1.29 is 31.8 Å². The number of anilines is 1. The molecule has 0 amide bonds. The predicted octanol–water partition coefficient (Wildman–Crippen LogP) is 4.77. The van der Waals surface area contributed by atoms with E-state index in [0.29, 0.717) is 19.6 Å². The Morgan fingerprint density at radius 3 is 2.89 bits per heavy atom. The fourth-order valence-electron chi connectivity index (χ4n) is 5.10. The smallest absolute Gasteiger partial charge is 0.319 e. The SMILES string of the molecule is Fc1c(Br)c(Cl)c2c3c(nc(OC[C@@H]4CCCNC[C@H](F)C4)nc13)N(CC(F)F)C1COCC1CO2. The minimum Gasteiger partial charge on any atom is -0.491 e. The second-order valence-corrected chi connectivity index (χ2v) is 10.6. The van der Waals surface area contributed by atoms with Gasteiger partial charge in [0.15, 0.2) is 11.6 Å². The van der Waals surface area contributed by atoms with Gasteiger partial charge in [0.05, 0.1) is 48.9 Å². The van der Waals surface area contributed by atoms with Gasteiger partial charge in [-0.3, -0.25) is 0 Å². The van der Waals surface area contributed by atoms with Crippen LogP contribution >= 0.6 is 27.5 Å². The van der Waals surface area contributed by atoms with E-state index in [1.807, 2.05) is 0 Å². The molecule has 2 saturated heterocycles. The highest BCUT2D eigenvalue weighted by Crippen LogP contribution is 2.47. The van der Waals surface area contributed by atoms with Crippen LogP contribution in [0, 0.1) is 17.7 Å². The summed E-state index contributed by atoms with van der Waals surface area (Å²) in [7, 11) is 0. The van der Waals surface area contributed by atoms with E-state index in [9.17, 15) is 13.2 Å². The molecule has 198 valence electrons. The molecule has 2 fully saturated rings. The van der Waals surface area contributed by atoms with Crippen LogP contribution in [0.4, 0.5) is 23.4 Å². The lowest BCUT2D eigenvalue weighted by Gasteiger charge is -2.35. The molecular formula is C23H26BrClF4N4O3. The molecule has 7 nitrogen and oxygen atoms in total. The van der Waals surface area contributed by atoms with Crippen molar-refractivity contribution in [3.05, 3.63) is 15.3 Å². The van der Waals surface area contributed by atoms with Crippen molar-refractivity contribution in [1.29, 1.82) is 0 Å². The van der Waals surface area contributed by atoms with E-state index in [-0.39, 0.29) is 76.2 Å². The van der Waals surface area contributed by atoms with Gasteiger partial charge in [0, 0.05) is 12.5 Å².